The molecule has 0 saturated carbocycles. The molecular formula is C13H16O5. The summed E-state index contributed by atoms with van der Waals surface area (Å²) < 4.78 is 15.2. The SMILES string of the molecule is COC(=O)C1=CO[C@@H](OC(C)=O)[C@@H]2C(C)=CC[C@H]12. The zero-order valence-electron chi connectivity index (χ0n) is 10.6. The van der Waals surface area contributed by atoms with Crippen molar-refractivity contribution in [3.63, 3.8) is 0 Å². The molecule has 0 unspecified atom stereocenters. The minimum Gasteiger partial charge on any atom is -0.466 e. The molecule has 1 aliphatic heterocycles. The molecule has 0 bridgehead atoms. The lowest BCUT2D eigenvalue weighted by Gasteiger charge is -2.33. The van der Waals surface area contributed by atoms with Crippen LogP contribution in [0.2, 0.25) is 0 Å². The fraction of sp³-hybridized carbons (Fsp3) is 0.538. The third-order valence-corrected chi connectivity index (χ3v) is 3.38. The largest absolute Gasteiger partial charge is 0.466 e. The van der Waals surface area contributed by atoms with Crippen molar-refractivity contribution in [3.8, 4) is 0 Å². The lowest BCUT2D eigenvalue weighted by Crippen LogP contribution is -2.37. The molecule has 0 radical (unpaired) electrons. The molecule has 0 saturated heterocycles. The minimum absolute atomic E-state index is 0.0319. The highest BCUT2D eigenvalue weighted by atomic mass is 16.7. The van der Waals surface area contributed by atoms with E-state index in [0.29, 0.717) is 5.57 Å². The molecule has 0 N–H and O–H groups in total. The van der Waals surface area contributed by atoms with Crippen molar-refractivity contribution in [1.29, 1.82) is 0 Å². The van der Waals surface area contributed by atoms with E-state index >= 15 is 0 Å². The molecule has 18 heavy (non-hydrogen) atoms. The van der Waals surface area contributed by atoms with Gasteiger partial charge in [0.05, 0.1) is 24.9 Å². The van der Waals surface area contributed by atoms with Gasteiger partial charge in [-0.1, -0.05) is 11.6 Å². The summed E-state index contributed by atoms with van der Waals surface area (Å²) in [5.74, 6) is -0.925. The highest BCUT2D eigenvalue weighted by Crippen LogP contribution is 2.43. The van der Waals surface area contributed by atoms with E-state index in [0.717, 1.165) is 12.0 Å². The van der Waals surface area contributed by atoms with Crippen LogP contribution in [0.3, 0.4) is 0 Å². The summed E-state index contributed by atoms with van der Waals surface area (Å²) in [6.45, 7) is 3.29. The number of carbonyl (C=O) groups is 2. The number of hydrogen-bond donors (Lipinski definition) is 0. The molecule has 2 rings (SSSR count). The Hall–Kier alpha value is -1.78. The number of ether oxygens (including phenoxy) is 3. The third kappa shape index (κ3) is 2.12. The minimum atomic E-state index is -0.653. The standard InChI is InChI=1S/C13H16O5/c1-7-4-5-9-10(12(15)16-3)6-17-13(11(7)9)18-8(2)14/h4,6,9,11,13H,5H2,1-3H3/t9-,11-,13+/m1/s1. The number of carbonyl (C=O) groups excluding carboxylic acids is 2. The molecule has 1 heterocycles. The number of esters is 2. The van der Waals surface area contributed by atoms with Crippen LogP contribution in [0.4, 0.5) is 0 Å². The number of methoxy groups -OCH3 is 1. The Morgan fingerprint density at radius 3 is 2.78 bits per heavy atom. The van der Waals surface area contributed by atoms with Crippen molar-refractivity contribution < 1.29 is 23.8 Å². The Kier molecular flexibility index (Phi) is 3.41. The van der Waals surface area contributed by atoms with E-state index in [1.807, 2.05) is 13.0 Å². The van der Waals surface area contributed by atoms with Gasteiger partial charge in [0, 0.05) is 12.8 Å². The highest BCUT2D eigenvalue weighted by molar-refractivity contribution is 5.89. The van der Waals surface area contributed by atoms with E-state index in [-0.39, 0.29) is 11.8 Å². The summed E-state index contributed by atoms with van der Waals surface area (Å²) in [6.07, 6.45) is 3.47. The maximum absolute atomic E-state index is 11.6. The first-order valence-electron chi connectivity index (χ1n) is 5.82. The normalized spacial score (nSPS) is 29.6. The van der Waals surface area contributed by atoms with E-state index in [1.165, 1.54) is 20.3 Å². The summed E-state index contributed by atoms with van der Waals surface area (Å²) >= 11 is 0. The van der Waals surface area contributed by atoms with Crippen LogP contribution < -0.4 is 0 Å². The molecule has 0 fully saturated rings. The smallest absolute Gasteiger partial charge is 0.337 e. The van der Waals surface area contributed by atoms with Gasteiger partial charge in [0.2, 0.25) is 6.29 Å². The average molecular weight is 252 g/mol. The van der Waals surface area contributed by atoms with Crippen LogP contribution in [0.15, 0.2) is 23.5 Å². The van der Waals surface area contributed by atoms with Crippen molar-refractivity contribution in [3.05, 3.63) is 23.5 Å². The van der Waals surface area contributed by atoms with Gasteiger partial charge in [-0.05, 0) is 13.3 Å². The topological polar surface area (TPSA) is 61.8 Å². The van der Waals surface area contributed by atoms with E-state index in [9.17, 15) is 9.59 Å². The first-order chi connectivity index (χ1) is 8.54. The molecule has 1 aliphatic carbocycles. The van der Waals surface area contributed by atoms with Crippen molar-refractivity contribution in [1.82, 2.24) is 0 Å². The fourth-order valence-corrected chi connectivity index (χ4v) is 2.53. The van der Waals surface area contributed by atoms with E-state index in [1.54, 1.807) is 0 Å². The van der Waals surface area contributed by atoms with Gasteiger partial charge < -0.3 is 14.2 Å². The molecule has 0 spiro atoms. The Balaban J connectivity index is 2.25. The number of rotatable bonds is 2. The van der Waals surface area contributed by atoms with E-state index in [2.05, 4.69) is 0 Å². The Morgan fingerprint density at radius 1 is 1.44 bits per heavy atom. The van der Waals surface area contributed by atoms with Crippen LogP contribution >= 0.6 is 0 Å². The molecule has 5 heteroatoms. The van der Waals surface area contributed by atoms with Crippen molar-refractivity contribution in [2.45, 2.75) is 26.6 Å². The van der Waals surface area contributed by atoms with Crippen molar-refractivity contribution in [2.24, 2.45) is 11.8 Å². The molecule has 2 aliphatic rings. The number of fused-ring (bicyclic) bond motifs is 1. The molecular weight excluding hydrogens is 236 g/mol. The zero-order valence-corrected chi connectivity index (χ0v) is 10.6. The average Bonchev–Trinajstić information content (AvgIpc) is 2.71. The summed E-state index contributed by atoms with van der Waals surface area (Å²) in [5, 5.41) is 0. The Bertz CT molecular complexity index is 435. The van der Waals surface area contributed by atoms with E-state index < -0.39 is 18.2 Å². The quantitative estimate of drug-likeness (QED) is 0.551. The Labute approximate surface area is 105 Å². The van der Waals surface area contributed by atoms with Crippen LogP contribution in [0, 0.1) is 11.8 Å². The van der Waals surface area contributed by atoms with Gasteiger partial charge in [0.1, 0.15) is 0 Å². The van der Waals surface area contributed by atoms with Gasteiger partial charge in [0.15, 0.2) is 0 Å². The van der Waals surface area contributed by atoms with Crippen LogP contribution in [0.25, 0.3) is 0 Å². The van der Waals surface area contributed by atoms with Gasteiger partial charge in [0.25, 0.3) is 0 Å². The maximum Gasteiger partial charge on any atom is 0.337 e. The first-order valence-corrected chi connectivity index (χ1v) is 5.82. The molecule has 0 aromatic carbocycles. The summed E-state index contributed by atoms with van der Waals surface area (Å²) in [4.78, 5) is 22.7. The number of hydrogen-bond acceptors (Lipinski definition) is 5. The molecule has 0 aromatic heterocycles. The first kappa shape index (κ1) is 12.7. The van der Waals surface area contributed by atoms with Gasteiger partial charge in [-0.25, -0.2) is 4.79 Å². The van der Waals surface area contributed by atoms with Crippen molar-refractivity contribution >= 4 is 11.9 Å². The van der Waals surface area contributed by atoms with Gasteiger partial charge in [-0.15, -0.1) is 0 Å². The molecule has 0 aromatic rings. The van der Waals surface area contributed by atoms with Gasteiger partial charge in [-0.3, -0.25) is 4.79 Å². The molecule has 3 atom stereocenters. The van der Waals surface area contributed by atoms with Crippen LogP contribution in [-0.4, -0.2) is 25.3 Å². The van der Waals surface area contributed by atoms with Crippen molar-refractivity contribution in [2.75, 3.05) is 7.11 Å². The second kappa shape index (κ2) is 4.84. The van der Waals surface area contributed by atoms with Crippen LogP contribution in [0.1, 0.15) is 20.3 Å². The van der Waals surface area contributed by atoms with Crippen LogP contribution in [0.5, 0.6) is 0 Å². The maximum atomic E-state index is 11.6. The molecule has 0 amide bonds. The number of allylic oxidation sites excluding steroid dienone is 1. The van der Waals surface area contributed by atoms with E-state index in [4.69, 9.17) is 14.2 Å². The third-order valence-electron chi connectivity index (χ3n) is 3.38. The zero-order chi connectivity index (χ0) is 13.3. The summed E-state index contributed by atoms with van der Waals surface area (Å²) in [7, 11) is 1.34. The molecule has 5 nitrogen and oxygen atoms in total. The van der Waals surface area contributed by atoms with Gasteiger partial charge >= 0.3 is 11.9 Å². The molecule has 98 valence electrons. The predicted octanol–water partition coefficient (Wildman–Crippen LogP) is 1.55. The highest BCUT2D eigenvalue weighted by Gasteiger charge is 2.44. The summed E-state index contributed by atoms with van der Waals surface area (Å²) in [5.41, 5.74) is 1.57. The second-order valence-corrected chi connectivity index (χ2v) is 4.49. The predicted molar refractivity (Wildman–Crippen MR) is 62.1 cm³/mol. The second-order valence-electron chi connectivity index (χ2n) is 4.49. The fourth-order valence-electron chi connectivity index (χ4n) is 2.53. The van der Waals surface area contributed by atoms with Gasteiger partial charge in [-0.2, -0.15) is 0 Å². The lowest BCUT2D eigenvalue weighted by atomic mass is 9.84. The van der Waals surface area contributed by atoms with Crippen LogP contribution in [-0.2, 0) is 23.8 Å². The Morgan fingerprint density at radius 2 is 2.17 bits per heavy atom. The summed E-state index contributed by atoms with van der Waals surface area (Å²) in [6, 6.07) is 0. The monoisotopic (exact) mass is 252 g/mol. The lowest BCUT2D eigenvalue weighted by molar-refractivity contribution is -0.179.